The maximum Gasteiger partial charge on any atom is 0.413 e. The van der Waals surface area contributed by atoms with Gasteiger partial charge >= 0.3 is 18.0 Å². The predicted octanol–water partition coefficient (Wildman–Crippen LogP) is 2.08. The van der Waals surface area contributed by atoms with E-state index in [9.17, 15) is 14.4 Å². The summed E-state index contributed by atoms with van der Waals surface area (Å²) < 4.78 is 15.4. The van der Waals surface area contributed by atoms with Crippen LogP contribution < -0.4 is 0 Å². The second-order valence-corrected chi connectivity index (χ2v) is 7.08. The third-order valence-corrected chi connectivity index (χ3v) is 3.33. The van der Waals surface area contributed by atoms with E-state index in [4.69, 9.17) is 14.2 Å². The molecule has 1 amide bonds. The number of carbonyl (C=O) groups excluding carboxylic acids is 3. The molecule has 0 spiro atoms. The van der Waals surface area contributed by atoms with Crippen molar-refractivity contribution in [3.63, 3.8) is 0 Å². The van der Waals surface area contributed by atoms with Gasteiger partial charge in [0.25, 0.3) is 0 Å². The number of esters is 2. The number of ether oxygens (including phenoxy) is 3. The lowest BCUT2D eigenvalue weighted by Gasteiger charge is -2.33. The number of rotatable bonds is 2. The van der Waals surface area contributed by atoms with Crippen LogP contribution >= 0.6 is 0 Å². The highest BCUT2D eigenvalue weighted by Gasteiger charge is 2.55. The third-order valence-electron chi connectivity index (χ3n) is 3.33. The Morgan fingerprint density at radius 1 is 1.18 bits per heavy atom. The van der Waals surface area contributed by atoms with Gasteiger partial charge in [-0.25, -0.2) is 9.59 Å². The summed E-state index contributed by atoms with van der Waals surface area (Å²) in [6.07, 6.45) is -1.28. The van der Waals surface area contributed by atoms with Crippen molar-refractivity contribution in [2.75, 3.05) is 7.11 Å². The molecule has 1 heterocycles. The van der Waals surface area contributed by atoms with E-state index in [1.54, 1.807) is 20.8 Å². The Labute approximate surface area is 130 Å². The molecule has 1 saturated heterocycles. The van der Waals surface area contributed by atoms with Crippen molar-refractivity contribution in [1.82, 2.24) is 4.90 Å². The van der Waals surface area contributed by atoms with Gasteiger partial charge in [-0.15, -0.1) is 0 Å². The smallest absolute Gasteiger partial charge is 0.413 e. The van der Waals surface area contributed by atoms with E-state index in [1.165, 1.54) is 18.9 Å². The topological polar surface area (TPSA) is 82.1 Å². The summed E-state index contributed by atoms with van der Waals surface area (Å²) >= 11 is 0. The number of likely N-dealkylation sites (tertiary alicyclic amines) is 1. The Kier molecular flexibility index (Phi) is 5.10. The molecule has 0 aromatic carbocycles. The molecule has 1 aliphatic heterocycles. The molecule has 0 aromatic rings. The van der Waals surface area contributed by atoms with Crippen molar-refractivity contribution >= 4 is 18.0 Å². The third kappa shape index (κ3) is 4.11. The highest BCUT2D eigenvalue weighted by molar-refractivity contribution is 5.83. The molecule has 0 bridgehead atoms. The minimum atomic E-state index is -0.885. The molecule has 7 heteroatoms. The van der Waals surface area contributed by atoms with Gasteiger partial charge in [0.15, 0.2) is 6.23 Å². The lowest BCUT2D eigenvalue weighted by Crippen LogP contribution is -2.50. The Bertz CT molecular complexity index is 465. The van der Waals surface area contributed by atoms with E-state index in [1.807, 2.05) is 13.8 Å². The second-order valence-electron chi connectivity index (χ2n) is 7.08. The average molecular weight is 315 g/mol. The Hall–Kier alpha value is -1.79. The summed E-state index contributed by atoms with van der Waals surface area (Å²) in [5.74, 6) is -1.09. The van der Waals surface area contributed by atoms with E-state index in [-0.39, 0.29) is 0 Å². The summed E-state index contributed by atoms with van der Waals surface area (Å²) in [5, 5.41) is 0. The summed E-state index contributed by atoms with van der Waals surface area (Å²) in [5.41, 5.74) is -1.33. The van der Waals surface area contributed by atoms with Gasteiger partial charge in [0.1, 0.15) is 11.6 Å². The number of hydrogen-bond acceptors (Lipinski definition) is 6. The van der Waals surface area contributed by atoms with Crippen molar-refractivity contribution in [3.8, 4) is 0 Å². The van der Waals surface area contributed by atoms with Gasteiger partial charge < -0.3 is 14.2 Å². The number of carbonyl (C=O) groups is 3. The van der Waals surface area contributed by atoms with Crippen LogP contribution in [0.5, 0.6) is 0 Å². The molecule has 1 aliphatic rings. The van der Waals surface area contributed by atoms with Gasteiger partial charge in [-0.2, -0.15) is 0 Å². The number of amides is 1. The fourth-order valence-electron chi connectivity index (χ4n) is 2.48. The number of nitrogens with zero attached hydrogens (tertiary/aromatic N) is 1. The number of methoxy groups -OCH3 is 1. The highest BCUT2D eigenvalue weighted by atomic mass is 16.6. The zero-order valence-corrected chi connectivity index (χ0v) is 14.3. The van der Waals surface area contributed by atoms with Gasteiger partial charge in [0.2, 0.25) is 0 Å². The van der Waals surface area contributed by atoms with Gasteiger partial charge in [-0.1, -0.05) is 13.8 Å². The maximum absolute atomic E-state index is 12.5. The molecule has 1 rings (SSSR count). The molecular weight excluding hydrogens is 290 g/mol. The maximum atomic E-state index is 12.5. The summed E-state index contributed by atoms with van der Waals surface area (Å²) in [6, 6.07) is -0.848. The minimum absolute atomic E-state index is 0.316. The molecule has 1 unspecified atom stereocenters. The standard InChI is InChI=1S/C15H25NO6/c1-9(17)21-12-15(5,6)8-10(11(18)20-7)16(12)13(19)22-14(2,3)4/h10,12H,8H2,1-7H3/t10-,12?/m0/s1. The highest BCUT2D eigenvalue weighted by Crippen LogP contribution is 2.42. The molecule has 0 aliphatic carbocycles. The van der Waals surface area contributed by atoms with Crippen LogP contribution in [0, 0.1) is 5.41 Å². The molecular formula is C15H25NO6. The van der Waals surface area contributed by atoms with E-state index in [0.29, 0.717) is 6.42 Å². The van der Waals surface area contributed by atoms with Crippen LogP contribution in [-0.4, -0.2) is 47.9 Å². The molecule has 1 fully saturated rings. The predicted molar refractivity (Wildman–Crippen MR) is 77.8 cm³/mol. The SMILES string of the molecule is COC(=O)[C@@H]1CC(C)(C)C(OC(C)=O)N1C(=O)OC(C)(C)C. The molecule has 126 valence electrons. The summed E-state index contributed by atoms with van der Waals surface area (Å²) in [4.78, 5) is 37.0. The average Bonchev–Trinajstić information content (AvgIpc) is 2.58. The van der Waals surface area contributed by atoms with Gasteiger partial charge in [0.05, 0.1) is 7.11 Å². The normalized spacial score (nSPS) is 23.9. The van der Waals surface area contributed by atoms with Crippen molar-refractivity contribution in [2.45, 2.75) is 65.8 Å². The first-order valence-corrected chi connectivity index (χ1v) is 7.15. The van der Waals surface area contributed by atoms with Crippen LogP contribution in [0.1, 0.15) is 48.0 Å². The molecule has 7 nitrogen and oxygen atoms in total. The van der Waals surface area contributed by atoms with E-state index in [0.717, 1.165) is 0 Å². The zero-order chi connectivity index (χ0) is 17.3. The Morgan fingerprint density at radius 2 is 1.73 bits per heavy atom. The summed E-state index contributed by atoms with van der Waals surface area (Å²) in [7, 11) is 1.25. The van der Waals surface area contributed by atoms with Crippen LogP contribution in [0.15, 0.2) is 0 Å². The molecule has 2 atom stereocenters. The largest absolute Gasteiger partial charge is 0.467 e. The first-order chi connectivity index (χ1) is 9.89. The van der Waals surface area contributed by atoms with Crippen molar-refractivity contribution in [1.29, 1.82) is 0 Å². The van der Waals surface area contributed by atoms with Gasteiger partial charge in [-0.3, -0.25) is 9.69 Å². The van der Waals surface area contributed by atoms with Crippen LogP contribution in [0.25, 0.3) is 0 Å². The van der Waals surface area contributed by atoms with Crippen LogP contribution in [-0.2, 0) is 23.8 Å². The van der Waals surface area contributed by atoms with Crippen molar-refractivity contribution in [3.05, 3.63) is 0 Å². The Balaban J connectivity index is 3.17. The lowest BCUT2D eigenvalue weighted by atomic mass is 9.89. The first kappa shape index (κ1) is 18.3. The summed E-state index contributed by atoms with van der Waals surface area (Å²) in [6.45, 7) is 10.1. The van der Waals surface area contributed by atoms with E-state index < -0.39 is 41.3 Å². The van der Waals surface area contributed by atoms with Crippen LogP contribution in [0.3, 0.4) is 0 Å². The fourth-order valence-corrected chi connectivity index (χ4v) is 2.48. The molecule has 22 heavy (non-hydrogen) atoms. The van der Waals surface area contributed by atoms with Crippen LogP contribution in [0.2, 0.25) is 0 Å². The van der Waals surface area contributed by atoms with E-state index in [2.05, 4.69) is 0 Å². The van der Waals surface area contributed by atoms with Crippen molar-refractivity contribution in [2.24, 2.45) is 5.41 Å². The quantitative estimate of drug-likeness (QED) is 0.573. The Morgan fingerprint density at radius 3 is 2.14 bits per heavy atom. The molecule has 0 radical (unpaired) electrons. The second kappa shape index (κ2) is 6.14. The van der Waals surface area contributed by atoms with E-state index >= 15 is 0 Å². The van der Waals surface area contributed by atoms with Crippen molar-refractivity contribution < 1.29 is 28.6 Å². The van der Waals surface area contributed by atoms with Gasteiger partial charge in [0, 0.05) is 12.3 Å². The first-order valence-electron chi connectivity index (χ1n) is 7.15. The van der Waals surface area contributed by atoms with Crippen LogP contribution in [0.4, 0.5) is 4.79 Å². The zero-order valence-electron chi connectivity index (χ0n) is 14.3. The number of hydrogen-bond donors (Lipinski definition) is 0. The molecule has 0 N–H and O–H groups in total. The monoisotopic (exact) mass is 315 g/mol. The van der Waals surface area contributed by atoms with Gasteiger partial charge in [-0.05, 0) is 27.2 Å². The minimum Gasteiger partial charge on any atom is -0.467 e. The fraction of sp³-hybridized carbons (Fsp3) is 0.800. The molecule has 0 saturated carbocycles. The lowest BCUT2D eigenvalue weighted by molar-refractivity contribution is -0.165. The molecule has 0 aromatic heterocycles.